The lowest BCUT2D eigenvalue weighted by Crippen LogP contribution is -2.40. The lowest BCUT2D eigenvalue weighted by atomic mass is 10.0. The first-order valence-electron chi connectivity index (χ1n) is 6.70. The van der Waals surface area contributed by atoms with Crippen molar-refractivity contribution in [2.45, 2.75) is 38.1 Å². The predicted octanol–water partition coefficient (Wildman–Crippen LogP) is 0.0548. The fourth-order valence-corrected chi connectivity index (χ4v) is 4.93. The normalized spacial score (nSPS) is 34.6. The maximum atomic E-state index is 11.9. The molecule has 0 spiro atoms. The van der Waals surface area contributed by atoms with Crippen LogP contribution in [-0.2, 0) is 14.6 Å². The third-order valence-electron chi connectivity index (χ3n) is 4.11. The van der Waals surface area contributed by atoms with E-state index in [1.54, 1.807) is 0 Å². The average Bonchev–Trinajstić information content (AvgIpc) is 2.85. The van der Waals surface area contributed by atoms with Crippen LogP contribution in [0.15, 0.2) is 0 Å². The van der Waals surface area contributed by atoms with Crippen LogP contribution in [0.2, 0.25) is 0 Å². The molecule has 1 saturated heterocycles. The van der Waals surface area contributed by atoms with Gasteiger partial charge in [-0.1, -0.05) is 6.42 Å². The van der Waals surface area contributed by atoms with Gasteiger partial charge in [0.2, 0.25) is 5.91 Å². The molecule has 5 nitrogen and oxygen atoms in total. The average molecular weight is 274 g/mol. The van der Waals surface area contributed by atoms with Gasteiger partial charge in [0, 0.05) is 12.5 Å². The Hall–Kier alpha value is -0.620. The van der Waals surface area contributed by atoms with Crippen molar-refractivity contribution >= 4 is 15.7 Å². The van der Waals surface area contributed by atoms with Gasteiger partial charge in [-0.2, -0.15) is 0 Å². The third-order valence-corrected chi connectivity index (χ3v) is 5.95. The first-order chi connectivity index (χ1) is 8.50. The van der Waals surface area contributed by atoms with Gasteiger partial charge in [0.1, 0.15) is 0 Å². The van der Waals surface area contributed by atoms with E-state index in [-0.39, 0.29) is 29.4 Å². The van der Waals surface area contributed by atoms with Crippen LogP contribution in [0.3, 0.4) is 0 Å². The summed E-state index contributed by atoms with van der Waals surface area (Å²) in [6.45, 7) is 0.614. The van der Waals surface area contributed by atoms with E-state index < -0.39 is 9.84 Å². The Labute approximate surface area is 108 Å². The summed E-state index contributed by atoms with van der Waals surface area (Å²) in [5, 5.41) is 3.02. The van der Waals surface area contributed by atoms with Crippen LogP contribution >= 0.6 is 0 Å². The number of carbonyl (C=O) groups excluding carboxylic acids is 1. The van der Waals surface area contributed by atoms with Crippen molar-refractivity contribution in [1.82, 2.24) is 5.32 Å². The van der Waals surface area contributed by atoms with E-state index in [0.717, 1.165) is 19.3 Å². The van der Waals surface area contributed by atoms with Gasteiger partial charge in [-0.15, -0.1) is 0 Å². The molecule has 3 unspecified atom stereocenters. The van der Waals surface area contributed by atoms with E-state index in [1.165, 1.54) is 0 Å². The van der Waals surface area contributed by atoms with Crippen molar-refractivity contribution in [3.05, 3.63) is 0 Å². The van der Waals surface area contributed by atoms with E-state index in [0.29, 0.717) is 25.3 Å². The molecule has 1 heterocycles. The SMILES string of the molecule is NCC1CCCC1NC(=O)CC1CCS(=O)(=O)C1. The molecule has 2 aliphatic rings. The number of carbonyl (C=O) groups is 1. The molecule has 3 N–H and O–H groups in total. The van der Waals surface area contributed by atoms with Gasteiger partial charge in [-0.3, -0.25) is 4.79 Å². The van der Waals surface area contributed by atoms with Crippen molar-refractivity contribution in [3.8, 4) is 0 Å². The zero-order chi connectivity index (χ0) is 13.2. The Morgan fingerprint density at radius 2 is 2.06 bits per heavy atom. The van der Waals surface area contributed by atoms with Gasteiger partial charge in [0.05, 0.1) is 11.5 Å². The molecule has 1 amide bonds. The summed E-state index contributed by atoms with van der Waals surface area (Å²) in [4.78, 5) is 11.9. The Kier molecular flexibility index (Phi) is 4.27. The predicted molar refractivity (Wildman–Crippen MR) is 69.7 cm³/mol. The fourth-order valence-electron chi connectivity index (χ4n) is 3.07. The number of nitrogens with one attached hydrogen (secondary N) is 1. The molecule has 2 rings (SSSR count). The van der Waals surface area contributed by atoms with Crippen LogP contribution in [0.25, 0.3) is 0 Å². The van der Waals surface area contributed by atoms with Crippen LogP contribution in [0, 0.1) is 11.8 Å². The quantitative estimate of drug-likeness (QED) is 0.758. The van der Waals surface area contributed by atoms with Gasteiger partial charge in [0.25, 0.3) is 0 Å². The van der Waals surface area contributed by atoms with Gasteiger partial charge in [-0.05, 0) is 37.6 Å². The molecule has 0 aromatic rings. The summed E-state index contributed by atoms with van der Waals surface area (Å²) in [5.74, 6) is 0.794. The largest absolute Gasteiger partial charge is 0.353 e. The number of rotatable bonds is 4. The van der Waals surface area contributed by atoms with E-state index >= 15 is 0 Å². The van der Waals surface area contributed by atoms with Gasteiger partial charge in [-0.25, -0.2) is 8.42 Å². The number of hydrogen-bond donors (Lipinski definition) is 2. The number of hydrogen-bond acceptors (Lipinski definition) is 4. The summed E-state index contributed by atoms with van der Waals surface area (Å²) in [6.07, 6.45) is 4.16. The molecule has 0 aromatic carbocycles. The van der Waals surface area contributed by atoms with Gasteiger partial charge in [0.15, 0.2) is 9.84 Å². The van der Waals surface area contributed by atoms with E-state index in [4.69, 9.17) is 5.73 Å². The monoisotopic (exact) mass is 274 g/mol. The second-order valence-electron chi connectivity index (χ2n) is 5.57. The Morgan fingerprint density at radius 3 is 2.67 bits per heavy atom. The summed E-state index contributed by atoms with van der Waals surface area (Å²) in [7, 11) is -2.88. The first kappa shape index (κ1) is 13.8. The summed E-state index contributed by atoms with van der Waals surface area (Å²) >= 11 is 0. The van der Waals surface area contributed by atoms with Crippen LogP contribution in [-0.4, -0.2) is 38.4 Å². The zero-order valence-corrected chi connectivity index (χ0v) is 11.4. The van der Waals surface area contributed by atoms with Crippen molar-refractivity contribution in [3.63, 3.8) is 0 Å². The lowest BCUT2D eigenvalue weighted by Gasteiger charge is -2.20. The van der Waals surface area contributed by atoms with E-state index in [1.807, 2.05) is 0 Å². The smallest absolute Gasteiger partial charge is 0.220 e. The second kappa shape index (κ2) is 5.57. The molecule has 3 atom stereocenters. The maximum Gasteiger partial charge on any atom is 0.220 e. The minimum atomic E-state index is -2.88. The first-order valence-corrected chi connectivity index (χ1v) is 8.52. The molecule has 18 heavy (non-hydrogen) atoms. The lowest BCUT2D eigenvalue weighted by molar-refractivity contribution is -0.122. The Morgan fingerprint density at radius 1 is 1.28 bits per heavy atom. The molecule has 1 aliphatic heterocycles. The third kappa shape index (κ3) is 3.45. The summed E-state index contributed by atoms with van der Waals surface area (Å²) in [5.41, 5.74) is 5.67. The number of amides is 1. The molecule has 1 saturated carbocycles. The summed E-state index contributed by atoms with van der Waals surface area (Å²) < 4.78 is 22.6. The molecule has 6 heteroatoms. The van der Waals surface area contributed by atoms with Crippen LogP contribution in [0.1, 0.15) is 32.1 Å². The molecule has 1 aliphatic carbocycles. The molecular weight excluding hydrogens is 252 g/mol. The highest BCUT2D eigenvalue weighted by atomic mass is 32.2. The topological polar surface area (TPSA) is 89.3 Å². The van der Waals surface area contributed by atoms with Gasteiger partial charge < -0.3 is 11.1 Å². The highest BCUT2D eigenvalue weighted by Crippen LogP contribution is 2.26. The summed E-state index contributed by atoms with van der Waals surface area (Å²) in [6, 6.07) is 0.195. The Balaban J connectivity index is 1.79. The minimum absolute atomic E-state index is 0.00716. The molecule has 0 radical (unpaired) electrons. The standard InChI is InChI=1S/C12H22N2O3S/c13-7-10-2-1-3-11(10)14-12(15)6-9-4-5-18(16,17)8-9/h9-11H,1-8,13H2,(H,14,15). The minimum Gasteiger partial charge on any atom is -0.353 e. The Bertz CT molecular complexity index is 408. The molecule has 0 aromatic heterocycles. The fraction of sp³-hybridized carbons (Fsp3) is 0.917. The highest BCUT2D eigenvalue weighted by molar-refractivity contribution is 7.91. The van der Waals surface area contributed by atoms with Gasteiger partial charge >= 0.3 is 0 Å². The molecule has 0 bridgehead atoms. The van der Waals surface area contributed by atoms with Crippen LogP contribution < -0.4 is 11.1 Å². The van der Waals surface area contributed by atoms with Crippen molar-refractivity contribution < 1.29 is 13.2 Å². The van der Waals surface area contributed by atoms with Crippen molar-refractivity contribution in [2.24, 2.45) is 17.6 Å². The second-order valence-corrected chi connectivity index (χ2v) is 7.80. The molecule has 104 valence electrons. The van der Waals surface area contributed by atoms with E-state index in [2.05, 4.69) is 5.32 Å². The molecular formula is C12H22N2O3S. The zero-order valence-electron chi connectivity index (χ0n) is 10.6. The number of sulfone groups is 1. The number of nitrogens with two attached hydrogens (primary N) is 1. The maximum absolute atomic E-state index is 11.9. The van der Waals surface area contributed by atoms with Crippen LogP contribution in [0.5, 0.6) is 0 Å². The van der Waals surface area contributed by atoms with Crippen LogP contribution in [0.4, 0.5) is 0 Å². The van der Waals surface area contributed by atoms with E-state index in [9.17, 15) is 13.2 Å². The highest BCUT2D eigenvalue weighted by Gasteiger charge is 2.31. The van der Waals surface area contributed by atoms with Crippen molar-refractivity contribution in [2.75, 3.05) is 18.1 Å². The van der Waals surface area contributed by atoms with Crippen molar-refractivity contribution in [1.29, 1.82) is 0 Å². The molecule has 2 fully saturated rings.